The van der Waals surface area contributed by atoms with Crippen molar-refractivity contribution in [3.63, 3.8) is 0 Å². The van der Waals surface area contributed by atoms with Crippen molar-refractivity contribution in [2.75, 3.05) is 0 Å². The third-order valence-corrected chi connectivity index (χ3v) is 3.67. The smallest absolute Gasteiger partial charge is 0.235 e. The lowest BCUT2D eigenvalue weighted by Crippen LogP contribution is -2.07. The van der Waals surface area contributed by atoms with Gasteiger partial charge in [-0.25, -0.2) is 15.0 Å². The van der Waals surface area contributed by atoms with Gasteiger partial charge in [-0.05, 0) is 44.0 Å². The standard InChI is InChI=1S/C15H17N5/c1-9-4-13-14(5-10(9)2)20(8-18-13)15-17-7-12(6-16)11(3)19-15/h4-5,7-8H,6,16H2,1-3H3. The number of imidazole rings is 1. The minimum Gasteiger partial charge on any atom is -0.326 e. The minimum absolute atomic E-state index is 0.453. The first kappa shape index (κ1) is 12.7. The summed E-state index contributed by atoms with van der Waals surface area (Å²) in [5.74, 6) is 0.630. The van der Waals surface area contributed by atoms with Crippen LogP contribution in [0.3, 0.4) is 0 Å². The molecule has 102 valence electrons. The third-order valence-electron chi connectivity index (χ3n) is 3.67. The summed E-state index contributed by atoms with van der Waals surface area (Å²) >= 11 is 0. The van der Waals surface area contributed by atoms with Gasteiger partial charge in [-0.15, -0.1) is 0 Å². The van der Waals surface area contributed by atoms with Crippen molar-refractivity contribution in [2.24, 2.45) is 5.73 Å². The van der Waals surface area contributed by atoms with Crippen LogP contribution in [0, 0.1) is 20.8 Å². The normalized spacial score (nSPS) is 11.2. The lowest BCUT2D eigenvalue weighted by atomic mass is 10.1. The maximum atomic E-state index is 5.65. The zero-order valence-electron chi connectivity index (χ0n) is 11.9. The van der Waals surface area contributed by atoms with Crippen LogP contribution in [0.15, 0.2) is 24.7 Å². The SMILES string of the molecule is Cc1cc2ncn(-c3ncc(CN)c(C)n3)c2cc1C. The molecule has 2 heterocycles. The molecule has 0 unspecified atom stereocenters. The minimum atomic E-state index is 0.453. The van der Waals surface area contributed by atoms with E-state index in [9.17, 15) is 0 Å². The van der Waals surface area contributed by atoms with Crippen LogP contribution in [-0.4, -0.2) is 19.5 Å². The fourth-order valence-electron chi connectivity index (χ4n) is 2.22. The molecule has 2 aromatic heterocycles. The maximum absolute atomic E-state index is 5.65. The maximum Gasteiger partial charge on any atom is 0.235 e. The van der Waals surface area contributed by atoms with Crippen molar-refractivity contribution in [1.29, 1.82) is 0 Å². The first-order valence-electron chi connectivity index (χ1n) is 6.57. The Hall–Kier alpha value is -2.27. The first-order chi connectivity index (χ1) is 9.60. The van der Waals surface area contributed by atoms with Gasteiger partial charge in [-0.1, -0.05) is 0 Å². The van der Waals surface area contributed by atoms with Crippen LogP contribution in [0.2, 0.25) is 0 Å². The predicted octanol–water partition coefficient (Wildman–Crippen LogP) is 2.20. The van der Waals surface area contributed by atoms with Gasteiger partial charge in [0.2, 0.25) is 5.95 Å². The van der Waals surface area contributed by atoms with Gasteiger partial charge in [-0.3, -0.25) is 4.57 Å². The number of hydrogen-bond donors (Lipinski definition) is 1. The molecule has 0 aliphatic carbocycles. The Labute approximate surface area is 117 Å². The molecule has 0 bridgehead atoms. The largest absolute Gasteiger partial charge is 0.326 e. The highest BCUT2D eigenvalue weighted by atomic mass is 15.2. The van der Waals surface area contributed by atoms with Crippen molar-refractivity contribution >= 4 is 11.0 Å². The summed E-state index contributed by atoms with van der Waals surface area (Å²) in [5, 5.41) is 0. The summed E-state index contributed by atoms with van der Waals surface area (Å²) in [6.07, 6.45) is 3.55. The second-order valence-corrected chi connectivity index (χ2v) is 5.02. The van der Waals surface area contributed by atoms with E-state index in [1.165, 1.54) is 11.1 Å². The summed E-state index contributed by atoms with van der Waals surface area (Å²) < 4.78 is 1.91. The van der Waals surface area contributed by atoms with Crippen molar-refractivity contribution < 1.29 is 0 Å². The Balaban J connectivity index is 2.19. The fraction of sp³-hybridized carbons (Fsp3) is 0.267. The molecule has 5 nitrogen and oxygen atoms in total. The molecule has 3 aromatic rings. The number of benzene rings is 1. The van der Waals surface area contributed by atoms with E-state index in [1.807, 2.05) is 11.5 Å². The molecule has 20 heavy (non-hydrogen) atoms. The van der Waals surface area contributed by atoms with Gasteiger partial charge >= 0.3 is 0 Å². The lowest BCUT2D eigenvalue weighted by molar-refractivity contribution is 0.893. The molecule has 0 saturated carbocycles. The molecule has 5 heteroatoms. The third kappa shape index (κ3) is 1.96. The molecule has 0 fully saturated rings. The Bertz CT molecular complexity index is 788. The average Bonchev–Trinajstić information content (AvgIpc) is 2.82. The van der Waals surface area contributed by atoms with Crippen molar-refractivity contribution in [1.82, 2.24) is 19.5 Å². The molecule has 0 atom stereocenters. The summed E-state index contributed by atoms with van der Waals surface area (Å²) in [4.78, 5) is 13.3. The average molecular weight is 267 g/mol. The van der Waals surface area contributed by atoms with Gasteiger partial charge in [0, 0.05) is 24.0 Å². The van der Waals surface area contributed by atoms with E-state index in [1.54, 1.807) is 12.5 Å². The molecular formula is C15H17N5. The van der Waals surface area contributed by atoms with Gasteiger partial charge in [0.15, 0.2) is 0 Å². The van der Waals surface area contributed by atoms with Gasteiger partial charge in [0.25, 0.3) is 0 Å². The summed E-state index contributed by atoms with van der Waals surface area (Å²) in [6, 6.07) is 4.20. The summed E-state index contributed by atoms with van der Waals surface area (Å²) in [7, 11) is 0. The highest BCUT2D eigenvalue weighted by Gasteiger charge is 2.10. The van der Waals surface area contributed by atoms with E-state index in [4.69, 9.17) is 5.73 Å². The van der Waals surface area contributed by atoms with Gasteiger partial charge < -0.3 is 5.73 Å². The molecule has 0 spiro atoms. The number of rotatable bonds is 2. The highest BCUT2D eigenvalue weighted by molar-refractivity contribution is 5.78. The van der Waals surface area contributed by atoms with Crippen LogP contribution in [0.1, 0.15) is 22.4 Å². The number of aryl methyl sites for hydroxylation is 3. The zero-order valence-corrected chi connectivity index (χ0v) is 11.9. The molecule has 0 radical (unpaired) electrons. The van der Waals surface area contributed by atoms with E-state index in [0.29, 0.717) is 12.5 Å². The topological polar surface area (TPSA) is 69.6 Å². The quantitative estimate of drug-likeness (QED) is 0.772. The second-order valence-electron chi connectivity index (χ2n) is 5.02. The monoisotopic (exact) mass is 267 g/mol. The van der Waals surface area contributed by atoms with Crippen molar-refractivity contribution in [2.45, 2.75) is 27.3 Å². The van der Waals surface area contributed by atoms with E-state index < -0.39 is 0 Å². The molecule has 2 N–H and O–H groups in total. The molecule has 1 aromatic carbocycles. The summed E-state index contributed by atoms with van der Waals surface area (Å²) in [6.45, 7) is 6.58. The highest BCUT2D eigenvalue weighted by Crippen LogP contribution is 2.20. The molecule has 0 amide bonds. The fourth-order valence-corrected chi connectivity index (χ4v) is 2.22. The van der Waals surface area contributed by atoms with E-state index in [0.717, 1.165) is 22.3 Å². The molecule has 0 aliphatic rings. The lowest BCUT2D eigenvalue weighted by Gasteiger charge is -2.07. The first-order valence-corrected chi connectivity index (χ1v) is 6.57. The molecule has 3 rings (SSSR count). The van der Waals surface area contributed by atoms with Gasteiger partial charge in [0.05, 0.1) is 11.0 Å². The van der Waals surface area contributed by atoms with E-state index in [-0.39, 0.29) is 0 Å². The Morgan fingerprint density at radius 1 is 1.10 bits per heavy atom. The molecule has 0 saturated heterocycles. The Morgan fingerprint density at radius 3 is 2.55 bits per heavy atom. The second kappa shape index (κ2) is 4.68. The number of fused-ring (bicyclic) bond motifs is 1. The van der Waals surface area contributed by atoms with Crippen LogP contribution >= 0.6 is 0 Å². The van der Waals surface area contributed by atoms with Crippen molar-refractivity contribution in [3.05, 3.63) is 47.0 Å². The predicted molar refractivity (Wildman–Crippen MR) is 78.8 cm³/mol. The van der Waals surface area contributed by atoms with Gasteiger partial charge in [0.1, 0.15) is 6.33 Å². The van der Waals surface area contributed by atoms with Crippen LogP contribution < -0.4 is 5.73 Å². The van der Waals surface area contributed by atoms with E-state index >= 15 is 0 Å². The van der Waals surface area contributed by atoms with Gasteiger partial charge in [-0.2, -0.15) is 0 Å². The van der Waals surface area contributed by atoms with E-state index in [2.05, 4.69) is 40.9 Å². The number of nitrogens with zero attached hydrogens (tertiary/aromatic N) is 4. The number of nitrogens with two attached hydrogens (primary N) is 1. The van der Waals surface area contributed by atoms with Crippen molar-refractivity contribution in [3.8, 4) is 5.95 Å². The number of hydrogen-bond acceptors (Lipinski definition) is 4. The van der Waals surface area contributed by atoms with Crippen LogP contribution in [0.5, 0.6) is 0 Å². The summed E-state index contributed by atoms with van der Waals surface area (Å²) in [5.41, 5.74) is 12.0. The number of aromatic nitrogens is 4. The Kier molecular flexibility index (Phi) is 2.99. The Morgan fingerprint density at radius 2 is 1.85 bits per heavy atom. The van der Waals surface area contributed by atoms with Crippen LogP contribution in [0.25, 0.3) is 17.0 Å². The van der Waals surface area contributed by atoms with Crippen LogP contribution in [0.4, 0.5) is 0 Å². The zero-order chi connectivity index (χ0) is 14.3. The molecular weight excluding hydrogens is 250 g/mol. The van der Waals surface area contributed by atoms with Crippen LogP contribution in [-0.2, 0) is 6.54 Å². The molecule has 0 aliphatic heterocycles.